The van der Waals surface area contributed by atoms with Crippen LogP contribution in [-0.4, -0.2) is 31.0 Å². The van der Waals surface area contributed by atoms with Crippen LogP contribution in [0, 0.1) is 0 Å². The Morgan fingerprint density at radius 2 is 1.44 bits per heavy atom. The van der Waals surface area contributed by atoms with Crippen LogP contribution in [0.15, 0.2) is 109 Å². The summed E-state index contributed by atoms with van der Waals surface area (Å²) >= 11 is 6.06. The SMILES string of the molecule is COc1ccc(-c2ccc(C(=O)Nc3ccc4cc(CN5CCC(c6ccc(Cl)cc6)CC5)ccc4c3)cc2)cc1. The molecule has 41 heavy (non-hydrogen) atoms. The highest BCUT2D eigenvalue weighted by molar-refractivity contribution is 6.30. The minimum atomic E-state index is -0.121. The molecule has 1 N–H and O–H groups in total. The van der Waals surface area contributed by atoms with E-state index in [-0.39, 0.29) is 5.91 Å². The molecule has 0 unspecified atom stereocenters. The number of nitrogens with zero attached hydrogens (tertiary/aromatic N) is 1. The van der Waals surface area contributed by atoms with Crippen LogP contribution in [-0.2, 0) is 6.54 Å². The standard InChI is InChI=1S/C36H33ClN2O2/c1-41-35-16-11-28(12-17-35)26-4-6-30(7-5-26)36(40)38-34-15-10-31-22-25(2-3-32(31)23-34)24-39-20-18-29(19-21-39)27-8-13-33(37)14-9-27/h2-17,22-23,29H,18-21,24H2,1H3,(H,38,40). The highest BCUT2D eigenvalue weighted by atomic mass is 35.5. The molecule has 1 amide bonds. The Labute approximate surface area is 246 Å². The number of fused-ring (bicyclic) bond motifs is 1. The first-order valence-corrected chi connectivity index (χ1v) is 14.5. The Morgan fingerprint density at radius 1 is 0.805 bits per heavy atom. The van der Waals surface area contributed by atoms with E-state index in [1.165, 1.54) is 29.4 Å². The van der Waals surface area contributed by atoms with Gasteiger partial charge in [0.1, 0.15) is 5.75 Å². The van der Waals surface area contributed by atoms with E-state index < -0.39 is 0 Å². The lowest BCUT2D eigenvalue weighted by Gasteiger charge is -2.32. The average molecular weight is 561 g/mol. The summed E-state index contributed by atoms with van der Waals surface area (Å²) in [6.07, 6.45) is 2.34. The van der Waals surface area contributed by atoms with Crippen LogP contribution in [0.1, 0.15) is 40.2 Å². The third-order valence-electron chi connectivity index (χ3n) is 8.07. The minimum absolute atomic E-state index is 0.121. The van der Waals surface area contributed by atoms with Gasteiger partial charge in [-0.3, -0.25) is 9.69 Å². The summed E-state index contributed by atoms with van der Waals surface area (Å²) in [6.45, 7) is 3.14. The third-order valence-corrected chi connectivity index (χ3v) is 8.32. The summed E-state index contributed by atoms with van der Waals surface area (Å²) in [4.78, 5) is 15.5. The van der Waals surface area contributed by atoms with E-state index in [9.17, 15) is 4.79 Å². The summed E-state index contributed by atoms with van der Waals surface area (Å²) < 4.78 is 5.24. The van der Waals surface area contributed by atoms with Crippen molar-refractivity contribution in [3.8, 4) is 16.9 Å². The molecule has 0 atom stereocenters. The lowest BCUT2D eigenvalue weighted by Crippen LogP contribution is -2.32. The Hall–Kier alpha value is -4.12. The van der Waals surface area contributed by atoms with Crippen molar-refractivity contribution in [2.75, 3.05) is 25.5 Å². The molecule has 1 heterocycles. The molecule has 1 saturated heterocycles. The van der Waals surface area contributed by atoms with E-state index in [1.54, 1.807) is 7.11 Å². The van der Waals surface area contributed by atoms with Gasteiger partial charge >= 0.3 is 0 Å². The molecule has 0 spiro atoms. The summed E-state index contributed by atoms with van der Waals surface area (Å²) in [5.41, 5.74) is 6.26. The zero-order valence-corrected chi connectivity index (χ0v) is 23.9. The molecule has 0 bridgehead atoms. The molecule has 1 aliphatic rings. The Morgan fingerprint density at radius 3 is 2.12 bits per heavy atom. The topological polar surface area (TPSA) is 41.6 Å². The highest BCUT2D eigenvalue weighted by Gasteiger charge is 2.20. The first kappa shape index (κ1) is 27.1. The van der Waals surface area contributed by atoms with Gasteiger partial charge in [0, 0.05) is 22.8 Å². The van der Waals surface area contributed by atoms with Crippen molar-refractivity contribution in [3.63, 3.8) is 0 Å². The maximum absolute atomic E-state index is 12.9. The number of methoxy groups -OCH3 is 1. The quantitative estimate of drug-likeness (QED) is 0.216. The monoisotopic (exact) mass is 560 g/mol. The number of ether oxygens (including phenoxy) is 1. The van der Waals surface area contributed by atoms with Gasteiger partial charge in [0.15, 0.2) is 0 Å². The molecule has 5 aromatic carbocycles. The largest absolute Gasteiger partial charge is 0.497 e. The minimum Gasteiger partial charge on any atom is -0.497 e. The number of carbonyl (C=O) groups excluding carboxylic acids is 1. The first-order chi connectivity index (χ1) is 20.0. The van der Waals surface area contributed by atoms with Crippen LogP contribution in [0.4, 0.5) is 5.69 Å². The van der Waals surface area contributed by atoms with E-state index >= 15 is 0 Å². The average Bonchev–Trinajstić information content (AvgIpc) is 3.02. The molecule has 206 valence electrons. The number of hydrogen-bond acceptors (Lipinski definition) is 3. The predicted octanol–water partition coefficient (Wildman–Crippen LogP) is 8.80. The van der Waals surface area contributed by atoms with Crippen molar-refractivity contribution in [3.05, 3.63) is 131 Å². The van der Waals surface area contributed by atoms with Crippen LogP contribution >= 0.6 is 11.6 Å². The summed E-state index contributed by atoms with van der Waals surface area (Å²) in [7, 11) is 1.66. The van der Waals surface area contributed by atoms with Crippen LogP contribution in [0.3, 0.4) is 0 Å². The number of nitrogens with one attached hydrogen (secondary N) is 1. The Balaban J connectivity index is 1.06. The molecule has 0 saturated carbocycles. The molecule has 6 rings (SSSR count). The maximum Gasteiger partial charge on any atom is 0.255 e. The molecule has 0 aliphatic carbocycles. The van der Waals surface area contributed by atoms with E-state index in [0.29, 0.717) is 11.5 Å². The summed E-state index contributed by atoms with van der Waals surface area (Å²) in [5, 5.41) is 6.15. The molecular formula is C36H33ClN2O2. The zero-order chi connectivity index (χ0) is 28.2. The van der Waals surface area contributed by atoms with Crippen LogP contribution in [0.25, 0.3) is 21.9 Å². The Kier molecular flexibility index (Phi) is 8.04. The van der Waals surface area contributed by atoms with E-state index in [4.69, 9.17) is 16.3 Å². The molecule has 0 aromatic heterocycles. The second-order valence-electron chi connectivity index (χ2n) is 10.8. The summed E-state index contributed by atoms with van der Waals surface area (Å²) in [6, 6.07) is 36.6. The van der Waals surface area contributed by atoms with Crippen molar-refractivity contribution in [1.82, 2.24) is 4.90 Å². The number of benzene rings is 5. The second-order valence-corrected chi connectivity index (χ2v) is 11.2. The fraction of sp³-hybridized carbons (Fsp3) is 0.194. The van der Waals surface area contributed by atoms with Crippen molar-refractivity contribution in [2.24, 2.45) is 0 Å². The van der Waals surface area contributed by atoms with Crippen LogP contribution < -0.4 is 10.1 Å². The molecule has 0 radical (unpaired) electrons. The molecule has 4 nitrogen and oxygen atoms in total. The van der Waals surface area contributed by atoms with Crippen molar-refractivity contribution in [2.45, 2.75) is 25.3 Å². The van der Waals surface area contributed by atoms with E-state index in [0.717, 1.165) is 52.6 Å². The smallest absolute Gasteiger partial charge is 0.255 e. The normalized spacial score (nSPS) is 14.2. The number of amides is 1. The number of halogens is 1. The fourth-order valence-electron chi connectivity index (χ4n) is 5.69. The van der Waals surface area contributed by atoms with Crippen LogP contribution in [0.2, 0.25) is 5.02 Å². The van der Waals surface area contributed by atoms with Gasteiger partial charge in [-0.2, -0.15) is 0 Å². The Bertz CT molecular complexity index is 1640. The van der Waals surface area contributed by atoms with Gasteiger partial charge in [-0.1, -0.05) is 66.2 Å². The molecule has 1 aliphatic heterocycles. The molecular weight excluding hydrogens is 528 g/mol. The van der Waals surface area contributed by atoms with Crippen LogP contribution in [0.5, 0.6) is 5.75 Å². The number of rotatable bonds is 7. The maximum atomic E-state index is 12.9. The second kappa shape index (κ2) is 12.2. The number of carbonyl (C=O) groups is 1. The number of hydrogen-bond donors (Lipinski definition) is 1. The number of piperidine rings is 1. The molecule has 5 aromatic rings. The summed E-state index contributed by atoms with van der Waals surface area (Å²) in [5.74, 6) is 1.31. The van der Waals surface area contributed by atoms with E-state index in [2.05, 4.69) is 46.6 Å². The lowest BCUT2D eigenvalue weighted by atomic mass is 9.89. The van der Waals surface area contributed by atoms with Gasteiger partial charge in [-0.15, -0.1) is 0 Å². The van der Waals surface area contributed by atoms with E-state index in [1.807, 2.05) is 72.8 Å². The first-order valence-electron chi connectivity index (χ1n) is 14.1. The van der Waals surface area contributed by atoms with Gasteiger partial charge in [-0.05, 0) is 119 Å². The molecule has 5 heteroatoms. The fourth-order valence-corrected chi connectivity index (χ4v) is 5.82. The van der Waals surface area contributed by atoms with Crippen molar-refractivity contribution >= 4 is 34.0 Å². The van der Waals surface area contributed by atoms with Gasteiger partial charge in [0.05, 0.1) is 7.11 Å². The van der Waals surface area contributed by atoms with Gasteiger partial charge in [0.25, 0.3) is 5.91 Å². The lowest BCUT2D eigenvalue weighted by molar-refractivity contribution is 0.102. The predicted molar refractivity (Wildman–Crippen MR) is 169 cm³/mol. The van der Waals surface area contributed by atoms with Crippen molar-refractivity contribution in [1.29, 1.82) is 0 Å². The van der Waals surface area contributed by atoms with Gasteiger partial charge in [-0.25, -0.2) is 0 Å². The third kappa shape index (κ3) is 6.45. The number of anilines is 1. The van der Waals surface area contributed by atoms with Crippen molar-refractivity contribution < 1.29 is 9.53 Å². The van der Waals surface area contributed by atoms with Gasteiger partial charge in [0.2, 0.25) is 0 Å². The number of likely N-dealkylation sites (tertiary alicyclic amines) is 1. The zero-order valence-electron chi connectivity index (χ0n) is 23.1. The van der Waals surface area contributed by atoms with Gasteiger partial charge < -0.3 is 10.1 Å². The highest BCUT2D eigenvalue weighted by Crippen LogP contribution is 2.30. The molecule has 1 fully saturated rings.